The van der Waals surface area contributed by atoms with Gasteiger partial charge in [-0.25, -0.2) is 0 Å². The van der Waals surface area contributed by atoms with Crippen LogP contribution in [0, 0.1) is 0 Å². The molecule has 0 saturated carbocycles. The molecule has 0 bridgehead atoms. The summed E-state index contributed by atoms with van der Waals surface area (Å²) in [5.41, 5.74) is 0.976. The number of hydrogen-bond donors (Lipinski definition) is 0. The lowest BCUT2D eigenvalue weighted by atomic mass is 9.89. The van der Waals surface area contributed by atoms with E-state index in [0.717, 1.165) is 79.0 Å². The van der Waals surface area contributed by atoms with Crippen LogP contribution in [0.3, 0.4) is 0 Å². The Morgan fingerprint density at radius 1 is 0.619 bits per heavy atom. The Labute approximate surface area is 257 Å². The molecule has 2 atom stereocenters. The predicted octanol–water partition coefficient (Wildman–Crippen LogP) is 9.42. The normalized spacial score (nSPS) is 21.1. The van der Waals surface area contributed by atoms with Gasteiger partial charge in [-0.15, -0.1) is 10.3 Å². The molecule has 5 nitrogen and oxygen atoms in total. The van der Waals surface area contributed by atoms with E-state index in [2.05, 4.69) is 66.2 Å². The van der Waals surface area contributed by atoms with Crippen molar-refractivity contribution in [2.75, 3.05) is 40.9 Å². The fraction of sp³-hybridized carbons (Fsp3) is 0.676. The standard InChI is InChI=1S/C37H60N2O3/c1-7-8-9-10-11-12-13-14-15-17-30-41-34-23-19-32(20-24-34)36(2)27-28-37(3,38(36)40)33-21-25-35(26-22-33)42-31-18-16-29-39(4,5)6/h19-26H,7-18,27-31H2,1-6H3/q+1/t36-,37-/m0/s1. The van der Waals surface area contributed by atoms with Crippen LogP contribution >= 0.6 is 0 Å². The van der Waals surface area contributed by atoms with Crippen molar-refractivity contribution in [3.63, 3.8) is 0 Å². The lowest BCUT2D eigenvalue weighted by molar-refractivity contribution is -0.870. The number of hydroxylamine groups is 2. The minimum atomic E-state index is -0.567. The van der Waals surface area contributed by atoms with Crippen LogP contribution < -0.4 is 9.47 Å². The molecule has 0 unspecified atom stereocenters. The van der Waals surface area contributed by atoms with E-state index in [9.17, 15) is 5.21 Å². The maximum Gasteiger partial charge on any atom is 0.119 e. The first-order valence-corrected chi connectivity index (χ1v) is 16.8. The quantitative estimate of drug-likeness (QED) is 0.116. The molecule has 2 aromatic rings. The largest absolute Gasteiger partial charge is 0.494 e. The first-order valence-electron chi connectivity index (χ1n) is 16.8. The first-order chi connectivity index (χ1) is 20.1. The van der Waals surface area contributed by atoms with E-state index in [-0.39, 0.29) is 0 Å². The van der Waals surface area contributed by atoms with Crippen molar-refractivity contribution in [1.82, 2.24) is 5.06 Å². The zero-order chi connectivity index (χ0) is 30.5. The molecular weight excluding hydrogens is 520 g/mol. The number of unbranched alkanes of at least 4 members (excludes halogenated alkanes) is 10. The van der Waals surface area contributed by atoms with Gasteiger partial charge in [0.1, 0.15) is 11.5 Å². The van der Waals surface area contributed by atoms with Crippen LogP contribution in [0.2, 0.25) is 0 Å². The highest BCUT2D eigenvalue weighted by Gasteiger charge is 2.52. The Morgan fingerprint density at radius 3 is 1.40 bits per heavy atom. The van der Waals surface area contributed by atoms with Crippen LogP contribution in [0.4, 0.5) is 0 Å². The second kappa shape index (κ2) is 16.7. The Bertz CT molecular complexity index is 1020. The summed E-state index contributed by atoms with van der Waals surface area (Å²) >= 11 is 0. The summed E-state index contributed by atoms with van der Waals surface area (Å²) in [5.74, 6) is 1.77. The van der Waals surface area contributed by atoms with E-state index in [1.165, 1.54) is 62.9 Å². The molecule has 0 N–H and O–H groups in total. The first kappa shape index (κ1) is 34.4. The smallest absolute Gasteiger partial charge is 0.119 e. The van der Waals surface area contributed by atoms with Crippen molar-refractivity contribution in [2.45, 2.75) is 122 Å². The number of hydrogen-bond acceptors (Lipinski definition) is 3. The van der Waals surface area contributed by atoms with Crippen molar-refractivity contribution in [1.29, 1.82) is 0 Å². The van der Waals surface area contributed by atoms with E-state index in [1.54, 1.807) is 0 Å². The van der Waals surface area contributed by atoms with Crippen molar-refractivity contribution in [2.24, 2.45) is 0 Å². The van der Waals surface area contributed by atoms with Crippen molar-refractivity contribution < 1.29 is 19.2 Å². The maximum atomic E-state index is 13.9. The molecule has 1 heterocycles. The average molecular weight is 581 g/mol. The van der Waals surface area contributed by atoms with Gasteiger partial charge in [-0.05, 0) is 81.3 Å². The molecule has 1 aliphatic heterocycles. The number of nitrogens with zero attached hydrogens (tertiary/aromatic N) is 2. The molecule has 235 valence electrons. The lowest BCUT2D eigenvalue weighted by Gasteiger charge is -2.37. The van der Waals surface area contributed by atoms with E-state index < -0.39 is 11.1 Å². The van der Waals surface area contributed by atoms with Crippen LogP contribution in [-0.4, -0.2) is 50.4 Å². The van der Waals surface area contributed by atoms with E-state index in [0.29, 0.717) is 0 Å². The molecule has 0 aromatic heterocycles. The van der Waals surface area contributed by atoms with Gasteiger partial charge in [0.2, 0.25) is 0 Å². The zero-order valence-electron chi connectivity index (χ0n) is 27.8. The van der Waals surface area contributed by atoms with Crippen molar-refractivity contribution >= 4 is 0 Å². The summed E-state index contributed by atoms with van der Waals surface area (Å²) in [5, 5.41) is 15.2. The topological polar surface area (TPSA) is 41.6 Å². The number of rotatable bonds is 20. The Hall–Kier alpha value is -2.08. The summed E-state index contributed by atoms with van der Waals surface area (Å²) < 4.78 is 13.0. The van der Waals surface area contributed by atoms with Crippen LogP contribution in [0.1, 0.15) is 122 Å². The Kier molecular flexibility index (Phi) is 13.7. The third kappa shape index (κ3) is 10.3. The Balaban J connectivity index is 1.42. The van der Waals surface area contributed by atoms with Crippen LogP contribution in [0.5, 0.6) is 11.5 Å². The summed E-state index contributed by atoms with van der Waals surface area (Å²) in [4.78, 5) is 0. The molecule has 1 radical (unpaired) electrons. The number of quaternary nitrogens is 1. The van der Waals surface area contributed by atoms with Gasteiger partial charge in [0, 0.05) is 0 Å². The minimum Gasteiger partial charge on any atom is -0.494 e. The summed E-state index contributed by atoms with van der Waals surface area (Å²) in [6.45, 7) is 9.06. The molecule has 1 aliphatic rings. The van der Waals surface area contributed by atoms with Gasteiger partial charge in [0.15, 0.2) is 0 Å². The number of ether oxygens (including phenoxy) is 2. The van der Waals surface area contributed by atoms with Crippen LogP contribution in [-0.2, 0) is 16.3 Å². The maximum absolute atomic E-state index is 13.9. The monoisotopic (exact) mass is 580 g/mol. The van der Waals surface area contributed by atoms with Gasteiger partial charge in [-0.2, -0.15) is 0 Å². The molecule has 1 fully saturated rings. The molecule has 5 heteroatoms. The van der Waals surface area contributed by atoms with Gasteiger partial charge in [0.05, 0.1) is 52.0 Å². The predicted molar refractivity (Wildman–Crippen MR) is 174 cm³/mol. The molecule has 0 spiro atoms. The minimum absolute atomic E-state index is 0.565. The average Bonchev–Trinajstić information content (AvgIpc) is 3.21. The molecular formula is C37H60N2O3+. The summed E-state index contributed by atoms with van der Waals surface area (Å²) in [7, 11) is 6.66. The molecule has 3 rings (SSSR count). The zero-order valence-corrected chi connectivity index (χ0v) is 27.8. The second-order valence-electron chi connectivity index (χ2n) is 14.0. The fourth-order valence-electron chi connectivity index (χ4n) is 6.24. The van der Waals surface area contributed by atoms with Crippen molar-refractivity contribution in [3.05, 3.63) is 59.7 Å². The summed E-state index contributed by atoms with van der Waals surface area (Å²) in [6.07, 6.45) is 17.1. The second-order valence-corrected chi connectivity index (χ2v) is 14.0. The molecule has 2 aromatic carbocycles. The highest BCUT2D eigenvalue weighted by atomic mass is 16.5. The van der Waals surface area contributed by atoms with Crippen molar-refractivity contribution in [3.8, 4) is 11.5 Å². The molecule has 0 amide bonds. The van der Waals surface area contributed by atoms with E-state index in [4.69, 9.17) is 9.47 Å². The third-order valence-corrected chi connectivity index (χ3v) is 9.21. The summed E-state index contributed by atoms with van der Waals surface area (Å²) in [6, 6.07) is 16.4. The SMILES string of the molecule is CCCCCCCCCCCCOc1ccc([C@]2(C)CC[C@@](C)(c3ccc(OCCCC[N+](C)(C)C)cc3)N2[O])cc1. The van der Waals surface area contributed by atoms with Gasteiger partial charge in [0.25, 0.3) is 0 Å². The van der Waals surface area contributed by atoms with Gasteiger partial charge >= 0.3 is 0 Å². The van der Waals surface area contributed by atoms with Gasteiger partial charge in [-0.1, -0.05) is 89.0 Å². The van der Waals surface area contributed by atoms with Crippen LogP contribution in [0.25, 0.3) is 0 Å². The molecule has 0 aliphatic carbocycles. The fourth-order valence-corrected chi connectivity index (χ4v) is 6.24. The van der Waals surface area contributed by atoms with Gasteiger partial charge in [-0.3, -0.25) is 0 Å². The Morgan fingerprint density at radius 2 is 1.00 bits per heavy atom. The van der Waals surface area contributed by atoms with E-state index in [1.807, 2.05) is 24.3 Å². The van der Waals surface area contributed by atoms with Gasteiger partial charge < -0.3 is 14.0 Å². The number of benzene rings is 2. The molecule has 1 saturated heterocycles. The highest BCUT2D eigenvalue weighted by molar-refractivity contribution is 5.36. The third-order valence-electron chi connectivity index (χ3n) is 9.21. The highest BCUT2D eigenvalue weighted by Crippen LogP contribution is 2.51. The van der Waals surface area contributed by atoms with E-state index >= 15 is 0 Å². The lowest BCUT2D eigenvalue weighted by Crippen LogP contribution is -2.44. The molecule has 42 heavy (non-hydrogen) atoms. The van der Waals surface area contributed by atoms with Crippen LogP contribution in [0.15, 0.2) is 48.5 Å².